The van der Waals surface area contributed by atoms with Crippen molar-refractivity contribution in [3.05, 3.63) is 60.0 Å². The number of hydrogen-bond donors (Lipinski definition) is 3. The standard InChI is InChI=1S/C23H22N6O3S/c1-13(33(2,31)32)20-16(4-3-10-24-20)22-28-18-9-11-25-23(21(18)29-22)26-15-6-7-17-14(12-15)5-8-19(30)27-17/h3-4,6-7,9-13H,5,8H2,1-2H3,(H,25,26)(H,27,30)(H,28,29). The summed E-state index contributed by atoms with van der Waals surface area (Å²) in [5.41, 5.74) is 5.19. The second-order valence-corrected chi connectivity index (χ2v) is 10.5. The SMILES string of the molecule is CC(c1ncccc1-c1nc2ccnc(Nc3ccc4c(c3)CCC(=O)N4)c2[nH]1)S(C)(=O)=O. The minimum Gasteiger partial charge on any atom is -0.338 e. The Labute approximate surface area is 190 Å². The van der Waals surface area contributed by atoms with Crippen molar-refractivity contribution in [3.63, 3.8) is 0 Å². The van der Waals surface area contributed by atoms with Gasteiger partial charge in [-0.25, -0.2) is 18.4 Å². The number of hydrogen-bond acceptors (Lipinski definition) is 7. The maximum atomic E-state index is 12.2. The van der Waals surface area contributed by atoms with Gasteiger partial charge >= 0.3 is 0 Å². The predicted molar refractivity (Wildman–Crippen MR) is 127 cm³/mol. The number of carbonyl (C=O) groups is 1. The fourth-order valence-corrected chi connectivity index (χ4v) is 4.49. The summed E-state index contributed by atoms with van der Waals surface area (Å²) in [4.78, 5) is 28.4. The van der Waals surface area contributed by atoms with Crippen molar-refractivity contribution >= 4 is 44.0 Å². The van der Waals surface area contributed by atoms with Gasteiger partial charge < -0.3 is 15.6 Å². The van der Waals surface area contributed by atoms with E-state index in [1.165, 1.54) is 6.26 Å². The number of carbonyl (C=O) groups excluding carboxylic acids is 1. The highest BCUT2D eigenvalue weighted by molar-refractivity contribution is 7.90. The zero-order valence-electron chi connectivity index (χ0n) is 18.1. The highest BCUT2D eigenvalue weighted by Crippen LogP contribution is 2.32. The van der Waals surface area contributed by atoms with E-state index in [0.29, 0.717) is 46.8 Å². The Kier molecular flexibility index (Phi) is 5.09. The first-order chi connectivity index (χ1) is 15.8. The molecule has 0 saturated carbocycles. The number of aromatic amines is 1. The minimum absolute atomic E-state index is 0.0274. The molecule has 0 radical (unpaired) electrons. The van der Waals surface area contributed by atoms with E-state index in [4.69, 9.17) is 0 Å². The lowest BCUT2D eigenvalue weighted by Crippen LogP contribution is -2.18. The summed E-state index contributed by atoms with van der Waals surface area (Å²) < 4.78 is 24.3. The maximum Gasteiger partial charge on any atom is 0.224 e. The second kappa shape index (κ2) is 7.96. The number of H-pyrrole nitrogens is 1. The summed E-state index contributed by atoms with van der Waals surface area (Å²) in [6.07, 6.45) is 5.59. The van der Waals surface area contributed by atoms with Gasteiger partial charge in [0.05, 0.1) is 11.2 Å². The molecule has 1 aliphatic heterocycles. The summed E-state index contributed by atoms with van der Waals surface area (Å²) in [5.74, 6) is 1.14. The molecule has 4 heterocycles. The molecule has 4 aromatic rings. The first-order valence-corrected chi connectivity index (χ1v) is 12.4. The first-order valence-electron chi connectivity index (χ1n) is 10.5. The summed E-state index contributed by atoms with van der Waals surface area (Å²) >= 11 is 0. The molecule has 0 bridgehead atoms. The van der Waals surface area contributed by atoms with Crippen LogP contribution in [0, 0.1) is 0 Å². The van der Waals surface area contributed by atoms with Crippen LogP contribution in [0.1, 0.15) is 29.9 Å². The lowest BCUT2D eigenvalue weighted by atomic mass is 10.0. The van der Waals surface area contributed by atoms with E-state index in [1.807, 2.05) is 18.2 Å². The molecule has 33 heavy (non-hydrogen) atoms. The molecule has 9 nitrogen and oxygen atoms in total. The van der Waals surface area contributed by atoms with E-state index in [0.717, 1.165) is 16.9 Å². The van der Waals surface area contributed by atoms with E-state index in [2.05, 4.69) is 30.6 Å². The van der Waals surface area contributed by atoms with Crippen LogP contribution in [0.2, 0.25) is 0 Å². The van der Waals surface area contributed by atoms with Crippen molar-refractivity contribution in [1.29, 1.82) is 0 Å². The molecule has 10 heteroatoms. The number of anilines is 3. The van der Waals surface area contributed by atoms with Gasteiger partial charge in [0.2, 0.25) is 5.91 Å². The Morgan fingerprint density at radius 3 is 2.76 bits per heavy atom. The van der Waals surface area contributed by atoms with Gasteiger partial charge in [-0.3, -0.25) is 9.78 Å². The van der Waals surface area contributed by atoms with Crippen LogP contribution >= 0.6 is 0 Å². The smallest absolute Gasteiger partial charge is 0.224 e. The Hall–Kier alpha value is -3.79. The largest absolute Gasteiger partial charge is 0.338 e. The number of fused-ring (bicyclic) bond motifs is 2. The summed E-state index contributed by atoms with van der Waals surface area (Å²) in [7, 11) is -3.33. The number of imidazole rings is 1. The lowest BCUT2D eigenvalue weighted by molar-refractivity contribution is -0.116. The number of nitrogens with zero attached hydrogens (tertiary/aromatic N) is 3. The van der Waals surface area contributed by atoms with Gasteiger partial charge in [0.15, 0.2) is 15.7 Å². The normalized spacial score (nSPS) is 14.5. The monoisotopic (exact) mass is 462 g/mol. The quantitative estimate of drug-likeness (QED) is 0.412. The van der Waals surface area contributed by atoms with Crippen LogP contribution in [0.15, 0.2) is 48.8 Å². The number of amides is 1. The maximum absolute atomic E-state index is 12.2. The molecule has 0 saturated heterocycles. The fraction of sp³-hybridized carbons (Fsp3) is 0.217. The number of aryl methyl sites for hydroxylation is 1. The predicted octanol–water partition coefficient (Wildman–Crippen LogP) is 3.75. The Bertz CT molecular complexity index is 1500. The van der Waals surface area contributed by atoms with E-state index in [9.17, 15) is 13.2 Å². The number of pyridine rings is 2. The van der Waals surface area contributed by atoms with Crippen molar-refractivity contribution in [3.8, 4) is 11.4 Å². The van der Waals surface area contributed by atoms with Crippen molar-refractivity contribution in [2.45, 2.75) is 25.0 Å². The third-order valence-corrected chi connectivity index (χ3v) is 7.30. The Morgan fingerprint density at radius 1 is 1.09 bits per heavy atom. The average molecular weight is 463 g/mol. The highest BCUT2D eigenvalue weighted by atomic mass is 32.2. The first kappa shape index (κ1) is 21.1. The van der Waals surface area contributed by atoms with Crippen LogP contribution in [0.4, 0.5) is 17.2 Å². The van der Waals surface area contributed by atoms with Gasteiger partial charge in [0, 0.05) is 42.0 Å². The topological polar surface area (TPSA) is 130 Å². The highest BCUT2D eigenvalue weighted by Gasteiger charge is 2.24. The zero-order valence-corrected chi connectivity index (χ0v) is 18.9. The number of benzene rings is 1. The number of sulfone groups is 1. The molecule has 3 N–H and O–H groups in total. The van der Waals surface area contributed by atoms with Crippen LogP contribution in [0.25, 0.3) is 22.4 Å². The van der Waals surface area contributed by atoms with E-state index >= 15 is 0 Å². The van der Waals surface area contributed by atoms with Crippen LogP contribution in [-0.4, -0.2) is 40.5 Å². The number of rotatable bonds is 5. The van der Waals surface area contributed by atoms with Gasteiger partial charge in [0.1, 0.15) is 16.6 Å². The molecule has 0 spiro atoms. The third-order valence-electron chi connectivity index (χ3n) is 5.79. The van der Waals surface area contributed by atoms with Gasteiger partial charge in [-0.15, -0.1) is 0 Å². The van der Waals surface area contributed by atoms with E-state index in [-0.39, 0.29) is 5.91 Å². The molecular weight excluding hydrogens is 440 g/mol. The zero-order chi connectivity index (χ0) is 23.2. The van der Waals surface area contributed by atoms with Crippen LogP contribution in [0.3, 0.4) is 0 Å². The molecule has 1 aromatic carbocycles. The number of nitrogens with one attached hydrogen (secondary N) is 3. The second-order valence-electron chi connectivity index (χ2n) is 8.09. The molecule has 1 aliphatic rings. The van der Waals surface area contributed by atoms with Crippen molar-refractivity contribution < 1.29 is 13.2 Å². The van der Waals surface area contributed by atoms with E-state index < -0.39 is 15.1 Å². The van der Waals surface area contributed by atoms with Crippen LogP contribution < -0.4 is 10.6 Å². The van der Waals surface area contributed by atoms with Crippen molar-refractivity contribution in [2.75, 3.05) is 16.9 Å². The van der Waals surface area contributed by atoms with E-state index in [1.54, 1.807) is 37.5 Å². The fourth-order valence-electron chi connectivity index (χ4n) is 3.90. The van der Waals surface area contributed by atoms with Gasteiger partial charge in [-0.1, -0.05) is 0 Å². The molecule has 0 fully saturated rings. The van der Waals surface area contributed by atoms with Gasteiger partial charge in [-0.2, -0.15) is 0 Å². The van der Waals surface area contributed by atoms with Crippen LogP contribution in [0.5, 0.6) is 0 Å². The van der Waals surface area contributed by atoms with Crippen molar-refractivity contribution in [1.82, 2.24) is 19.9 Å². The van der Waals surface area contributed by atoms with Gasteiger partial charge in [-0.05, 0) is 55.3 Å². The molecule has 0 aliphatic carbocycles. The molecule has 1 atom stereocenters. The molecular formula is C23H22N6O3S. The average Bonchev–Trinajstić information content (AvgIpc) is 3.23. The lowest BCUT2D eigenvalue weighted by Gasteiger charge is -2.18. The molecule has 168 valence electrons. The number of aromatic nitrogens is 4. The molecule has 5 rings (SSSR count). The van der Waals surface area contributed by atoms with Crippen molar-refractivity contribution in [2.24, 2.45) is 0 Å². The summed E-state index contributed by atoms with van der Waals surface area (Å²) in [5, 5.41) is 5.44. The van der Waals surface area contributed by atoms with Gasteiger partial charge in [0.25, 0.3) is 0 Å². The minimum atomic E-state index is -3.33. The van der Waals surface area contributed by atoms with Crippen LogP contribution in [-0.2, 0) is 21.1 Å². The summed E-state index contributed by atoms with van der Waals surface area (Å²) in [6.45, 7) is 1.62. The Balaban J connectivity index is 1.53. The Morgan fingerprint density at radius 2 is 1.94 bits per heavy atom. The molecule has 1 unspecified atom stereocenters. The third kappa shape index (κ3) is 4.05. The molecule has 3 aromatic heterocycles. The molecule has 1 amide bonds. The summed E-state index contributed by atoms with van der Waals surface area (Å²) in [6, 6.07) is 11.1.